The van der Waals surface area contributed by atoms with Crippen molar-refractivity contribution in [3.8, 4) is 5.75 Å². The first-order chi connectivity index (χ1) is 8.53. The monoisotopic (exact) mass is 247 g/mol. The Balaban J connectivity index is 2.32. The summed E-state index contributed by atoms with van der Waals surface area (Å²) in [5.74, 6) is 0.968. The Kier molecular flexibility index (Phi) is 5.93. The fourth-order valence-corrected chi connectivity index (χ4v) is 1.73. The Morgan fingerprint density at radius 2 is 1.89 bits per heavy atom. The molecule has 0 aliphatic rings. The van der Waals surface area contributed by atoms with Gasteiger partial charge < -0.3 is 10.1 Å². The van der Waals surface area contributed by atoms with Crippen molar-refractivity contribution < 1.29 is 4.74 Å². The van der Waals surface area contributed by atoms with Crippen LogP contribution in [0.15, 0.2) is 36.4 Å². The molecule has 100 valence electrons. The van der Waals surface area contributed by atoms with Gasteiger partial charge in [0, 0.05) is 5.54 Å². The molecule has 0 radical (unpaired) electrons. The third-order valence-electron chi connectivity index (χ3n) is 2.66. The van der Waals surface area contributed by atoms with Crippen LogP contribution in [0.1, 0.15) is 32.8 Å². The van der Waals surface area contributed by atoms with E-state index in [1.54, 1.807) is 7.11 Å². The first-order valence-corrected chi connectivity index (χ1v) is 6.55. The van der Waals surface area contributed by atoms with E-state index in [0.29, 0.717) is 0 Å². The molecule has 1 N–H and O–H groups in total. The minimum absolute atomic E-state index is 0.205. The van der Waals surface area contributed by atoms with Gasteiger partial charge in [0.1, 0.15) is 5.75 Å². The second kappa shape index (κ2) is 7.22. The number of methoxy groups -OCH3 is 1. The molecule has 0 saturated heterocycles. The SMILES string of the molecule is COc1ccccc1CC=CCCNC(C)(C)C. The molecule has 18 heavy (non-hydrogen) atoms. The van der Waals surface area contributed by atoms with Gasteiger partial charge >= 0.3 is 0 Å². The Bertz CT molecular complexity index is 377. The molecule has 0 atom stereocenters. The van der Waals surface area contributed by atoms with Gasteiger partial charge in [0.05, 0.1) is 7.11 Å². The molecule has 1 rings (SSSR count). The van der Waals surface area contributed by atoms with E-state index in [1.165, 1.54) is 5.56 Å². The van der Waals surface area contributed by atoms with Crippen LogP contribution in [-0.4, -0.2) is 19.2 Å². The molecule has 0 spiro atoms. The van der Waals surface area contributed by atoms with E-state index < -0.39 is 0 Å². The van der Waals surface area contributed by atoms with Gasteiger partial charge in [0.15, 0.2) is 0 Å². The summed E-state index contributed by atoms with van der Waals surface area (Å²) < 4.78 is 5.32. The lowest BCUT2D eigenvalue weighted by atomic mass is 10.1. The number of allylic oxidation sites excluding steroid dienone is 1. The third-order valence-corrected chi connectivity index (χ3v) is 2.66. The van der Waals surface area contributed by atoms with E-state index in [2.05, 4.69) is 44.3 Å². The molecular formula is C16H25NO. The minimum Gasteiger partial charge on any atom is -0.496 e. The topological polar surface area (TPSA) is 21.3 Å². The van der Waals surface area contributed by atoms with Gasteiger partial charge in [0.25, 0.3) is 0 Å². The summed E-state index contributed by atoms with van der Waals surface area (Å²) in [7, 11) is 1.72. The van der Waals surface area contributed by atoms with Gasteiger partial charge in [-0.15, -0.1) is 0 Å². The van der Waals surface area contributed by atoms with Crippen LogP contribution in [-0.2, 0) is 6.42 Å². The van der Waals surface area contributed by atoms with E-state index in [4.69, 9.17) is 4.74 Å². The minimum atomic E-state index is 0.205. The lowest BCUT2D eigenvalue weighted by Gasteiger charge is -2.19. The van der Waals surface area contributed by atoms with Gasteiger partial charge in [-0.05, 0) is 51.8 Å². The highest BCUT2D eigenvalue weighted by Gasteiger charge is 2.06. The molecule has 0 aliphatic heterocycles. The first-order valence-electron chi connectivity index (χ1n) is 6.55. The molecule has 0 unspecified atom stereocenters. The second-order valence-electron chi connectivity index (χ2n) is 5.45. The maximum atomic E-state index is 5.32. The van der Waals surface area contributed by atoms with Crippen LogP contribution in [0.5, 0.6) is 5.75 Å². The maximum absolute atomic E-state index is 5.32. The van der Waals surface area contributed by atoms with Crippen molar-refractivity contribution in [3.63, 3.8) is 0 Å². The first kappa shape index (κ1) is 14.8. The molecular weight excluding hydrogens is 222 g/mol. The number of hydrogen-bond donors (Lipinski definition) is 1. The summed E-state index contributed by atoms with van der Waals surface area (Å²) in [6.07, 6.45) is 6.43. The molecule has 2 heteroatoms. The Hall–Kier alpha value is -1.28. The Morgan fingerprint density at radius 3 is 2.56 bits per heavy atom. The quantitative estimate of drug-likeness (QED) is 0.613. The number of rotatable bonds is 6. The van der Waals surface area contributed by atoms with E-state index in [1.807, 2.05) is 18.2 Å². The van der Waals surface area contributed by atoms with Gasteiger partial charge in [-0.2, -0.15) is 0 Å². The smallest absolute Gasteiger partial charge is 0.122 e. The zero-order chi connectivity index (χ0) is 13.4. The summed E-state index contributed by atoms with van der Waals surface area (Å²) in [5, 5.41) is 3.47. The number of benzene rings is 1. The van der Waals surface area contributed by atoms with Crippen LogP contribution in [0.25, 0.3) is 0 Å². The molecule has 1 aromatic carbocycles. The fourth-order valence-electron chi connectivity index (χ4n) is 1.73. The highest BCUT2D eigenvalue weighted by atomic mass is 16.5. The van der Waals surface area contributed by atoms with Gasteiger partial charge in [0.2, 0.25) is 0 Å². The largest absolute Gasteiger partial charge is 0.496 e. The number of para-hydroxylation sites is 1. The highest BCUT2D eigenvalue weighted by molar-refractivity contribution is 5.34. The summed E-state index contributed by atoms with van der Waals surface area (Å²) in [6, 6.07) is 8.16. The molecule has 0 bridgehead atoms. The zero-order valence-electron chi connectivity index (χ0n) is 12.0. The number of nitrogens with one attached hydrogen (secondary N) is 1. The van der Waals surface area contributed by atoms with Gasteiger partial charge in [-0.3, -0.25) is 0 Å². The Morgan fingerprint density at radius 1 is 1.17 bits per heavy atom. The van der Waals surface area contributed by atoms with Crippen LogP contribution in [0.2, 0.25) is 0 Å². The lowest BCUT2D eigenvalue weighted by molar-refractivity contribution is 0.410. The summed E-state index contributed by atoms with van der Waals surface area (Å²) in [5.41, 5.74) is 1.44. The van der Waals surface area contributed by atoms with Crippen LogP contribution in [0.3, 0.4) is 0 Å². The van der Waals surface area contributed by atoms with Crippen LogP contribution >= 0.6 is 0 Å². The molecule has 1 aromatic rings. The molecule has 0 fully saturated rings. The van der Waals surface area contributed by atoms with Crippen LogP contribution in [0.4, 0.5) is 0 Å². The fraction of sp³-hybridized carbons (Fsp3) is 0.500. The van der Waals surface area contributed by atoms with Gasteiger partial charge in [-0.1, -0.05) is 30.4 Å². The molecule has 0 amide bonds. The van der Waals surface area contributed by atoms with E-state index in [-0.39, 0.29) is 5.54 Å². The lowest BCUT2D eigenvalue weighted by Crippen LogP contribution is -2.36. The van der Waals surface area contributed by atoms with Crippen molar-refractivity contribution >= 4 is 0 Å². The standard InChI is InChI=1S/C16H25NO/c1-16(2,3)17-13-9-5-6-10-14-11-7-8-12-15(14)18-4/h5-8,11-12,17H,9-10,13H2,1-4H3. The molecule has 2 nitrogen and oxygen atoms in total. The zero-order valence-corrected chi connectivity index (χ0v) is 12.0. The van der Waals surface area contributed by atoms with Crippen molar-refractivity contribution in [2.45, 2.75) is 39.2 Å². The molecule has 0 heterocycles. The van der Waals surface area contributed by atoms with Crippen molar-refractivity contribution in [3.05, 3.63) is 42.0 Å². The average Bonchev–Trinajstić information content (AvgIpc) is 2.32. The Labute approximate surface area is 111 Å². The van der Waals surface area contributed by atoms with Crippen LogP contribution in [0, 0.1) is 0 Å². The predicted molar refractivity (Wildman–Crippen MR) is 78.2 cm³/mol. The van der Waals surface area contributed by atoms with Crippen molar-refractivity contribution in [1.82, 2.24) is 5.32 Å². The maximum Gasteiger partial charge on any atom is 0.122 e. The van der Waals surface area contributed by atoms with Gasteiger partial charge in [-0.25, -0.2) is 0 Å². The van der Waals surface area contributed by atoms with Crippen molar-refractivity contribution in [2.24, 2.45) is 0 Å². The van der Waals surface area contributed by atoms with Crippen LogP contribution < -0.4 is 10.1 Å². The molecule has 0 saturated carbocycles. The molecule has 0 aliphatic carbocycles. The third kappa shape index (κ3) is 5.87. The van der Waals surface area contributed by atoms with E-state index in [9.17, 15) is 0 Å². The molecule has 0 aromatic heterocycles. The predicted octanol–water partition coefficient (Wildman–Crippen LogP) is 3.57. The van der Waals surface area contributed by atoms with Crippen molar-refractivity contribution in [2.75, 3.05) is 13.7 Å². The summed E-state index contributed by atoms with van der Waals surface area (Å²) in [4.78, 5) is 0. The second-order valence-corrected chi connectivity index (χ2v) is 5.45. The van der Waals surface area contributed by atoms with E-state index >= 15 is 0 Å². The average molecular weight is 247 g/mol. The number of hydrogen-bond acceptors (Lipinski definition) is 2. The normalized spacial score (nSPS) is 12.0. The highest BCUT2D eigenvalue weighted by Crippen LogP contribution is 2.17. The summed E-state index contributed by atoms with van der Waals surface area (Å²) >= 11 is 0. The number of ether oxygens (including phenoxy) is 1. The van der Waals surface area contributed by atoms with Crippen molar-refractivity contribution in [1.29, 1.82) is 0 Å². The van der Waals surface area contributed by atoms with E-state index in [0.717, 1.165) is 25.1 Å². The summed E-state index contributed by atoms with van der Waals surface area (Å²) in [6.45, 7) is 7.58.